The lowest BCUT2D eigenvalue weighted by Gasteiger charge is -2.28. The zero-order valence-electron chi connectivity index (χ0n) is 12.7. The van der Waals surface area contributed by atoms with Crippen LogP contribution in [-0.2, 0) is 6.42 Å². The molecule has 0 spiro atoms. The topological polar surface area (TPSA) is 29.3 Å². The van der Waals surface area contributed by atoms with Gasteiger partial charge in [-0.05, 0) is 31.4 Å². The monoisotopic (exact) mass is 312 g/mol. The van der Waals surface area contributed by atoms with Crippen LogP contribution < -0.4 is 10.6 Å². The summed E-state index contributed by atoms with van der Waals surface area (Å²) in [7, 11) is 0. The quantitative estimate of drug-likeness (QED) is 0.916. The maximum Gasteiger partial charge on any atom is 0.0642 e. The Hall–Kier alpha value is -0.380. The fourth-order valence-corrected chi connectivity index (χ4v) is 4.08. The lowest BCUT2D eigenvalue weighted by Crippen LogP contribution is -2.29. The van der Waals surface area contributed by atoms with Crippen LogP contribution in [0.3, 0.4) is 0 Å². The van der Waals surface area contributed by atoms with Gasteiger partial charge in [0.1, 0.15) is 0 Å². The lowest BCUT2D eigenvalue weighted by molar-refractivity contribution is 0.635. The largest absolute Gasteiger partial charge is 0.369 e. The van der Waals surface area contributed by atoms with E-state index in [1.807, 2.05) is 19.1 Å². The van der Waals surface area contributed by atoms with Gasteiger partial charge in [0.25, 0.3) is 0 Å². The summed E-state index contributed by atoms with van der Waals surface area (Å²) in [4.78, 5) is 2.45. The fourth-order valence-electron chi connectivity index (χ4n) is 2.67. The number of halogens is 1. The number of benzene rings is 1. The van der Waals surface area contributed by atoms with Crippen LogP contribution in [0, 0.1) is 0 Å². The summed E-state index contributed by atoms with van der Waals surface area (Å²) in [6, 6.07) is 6.34. The second kappa shape index (κ2) is 6.59. The average Bonchev–Trinajstić information content (AvgIpc) is 2.50. The Morgan fingerprint density at radius 3 is 2.85 bits per heavy atom. The van der Waals surface area contributed by atoms with E-state index in [-0.39, 0.29) is 6.04 Å². The highest BCUT2D eigenvalue weighted by atomic mass is 35.5. The number of rotatable bonds is 3. The van der Waals surface area contributed by atoms with Crippen LogP contribution in [0.4, 0.5) is 5.69 Å². The molecule has 2 N–H and O–H groups in total. The van der Waals surface area contributed by atoms with Crippen LogP contribution in [0.15, 0.2) is 18.2 Å². The smallest absolute Gasteiger partial charge is 0.0642 e. The zero-order valence-corrected chi connectivity index (χ0v) is 14.2. The van der Waals surface area contributed by atoms with Crippen LogP contribution in [0.2, 0.25) is 5.02 Å². The van der Waals surface area contributed by atoms with E-state index in [1.54, 1.807) is 0 Å². The molecule has 1 saturated heterocycles. The Morgan fingerprint density at radius 2 is 2.15 bits per heavy atom. The van der Waals surface area contributed by atoms with Gasteiger partial charge in [0.15, 0.2) is 0 Å². The van der Waals surface area contributed by atoms with Gasteiger partial charge in [-0.15, -0.1) is 0 Å². The molecule has 1 heterocycles. The summed E-state index contributed by atoms with van der Waals surface area (Å²) in [6.45, 7) is 8.83. The minimum atomic E-state index is 0.157. The molecule has 112 valence electrons. The third-order valence-electron chi connectivity index (χ3n) is 3.77. The van der Waals surface area contributed by atoms with Crippen LogP contribution >= 0.6 is 23.4 Å². The van der Waals surface area contributed by atoms with Crippen molar-refractivity contribution in [2.75, 3.05) is 23.7 Å². The highest BCUT2D eigenvalue weighted by Gasteiger charge is 2.25. The first-order valence-corrected chi connectivity index (χ1v) is 8.67. The molecule has 1 aromatic rings. The van der Waals surface area contributed by atoms with E-state index in [0.29, 0.717) is 4.75 Å². The summed E-state index contributed by atoms with van der Waals surface area (Å²) in [5.41, 5.74) is 8.46. The molecule has 0 aromatic heterocycles. The Bertz CT molecular complexity index is 460. The highest BCUT2D eigenvalue weighted by molar-refractivity contribution is 8.00. The minimum absolute atomic E-state index is 0.157. The first-order valence-electron chi connectivity index (χ1n) is 7.31. The van der Waals surface area contributed by atoms with Gasteiger partial charge in [0.05, 0.1) is 10.7 Å². The summed E-state index contributed by atoms with van der Waals surface area (Å²) >= 11 is 8.54. The molecule has 0 radical (unpaired) electrons. The van der Waals surface area contributed by atoms with Crippen molar-refractivity contribution < 1.29 is 0 Å². The molecule has 0 aliphatic carbocycles. The maximum absolute atomic E-state index is 6.48. The lowest BCUT2D eigenvalue weighted by atomic mass is 10.0. The van der Waals surface area contributed by atoms with Gasteiger partial charge in [0.2, 0.25) is 0 Å². The van der Waals surface area contributed by atoms with E-state index in [1.165, 1.54) is 17.7 Å². The van der Waals surface area contributed by atoms with Crippen molar-refractivity contribution in [3.8, 4) is 0 Å². The van der Waals surface area contributed by atoms with Crippen molar-refractivity contribution in [2.24, 2.45) is 5.73 Å². The zero-order chi connectivity index (χ0) is 14.8. The Balaban J connectivity index is 2.27. The Morgan fingerprint density at radius 1 is 1.40 bits per heavy atom. The van der Waals surface area contributed by atoms with Crippen molar-refractivity contribution in [1.29, 1.82) is 0 Å². The predicted molar refractivity (Wildman–Crippen MR) is 92.2 cm³/mol. The van der Waals surface area contributed by atoms with Gasteiger partial charge in [-0.1, -0.05) is 37.6 Å². The van der Waals surface area contributed by atoms with Crippen LogP contribution in [-0.4, -0.2) is 29.6 Å². The number of hydrogen-bond acceptors (Lipinski definition) is 3. The van der Waals surface area contributed by atoms with Crippen molar-refractivity contribution in [2.45, 2.75) is 44.4 Å². The van der Waals surface area contributed by atoms with Gasteiger partial charge in [-0.2, -0.15) is 11.8 Å². The van der Waals surface area contributed by atoms with Crippen LogP contribution in [0.25, 0.3) is 0 Å². The first-order chi connectivity index (χ1) is 9.39. The number of nitrogens with two attached hydrogens (primary N) is 1. The minimum Gasteiger partial charge on any atom is -0.369 e. The number of thioether (sulfide) groups is 1. The molecule has 1 aliphatic rings. The van der Waals surface area contributed by atoms with Gasteiger partial charge < -0.3 is 10.6 Å². The van der Waals surface area contributed by atoms with E-state index in [2.05, 4.69) is 36.6 Å². The molecule has 2 rings (SSSR count). The molecule has 1 fully saturated rings. The van der Waals surface area contributed by atoms with Crippen LogP contribution in [0.5, 0.6) is 0 Å². The molecular weight excluding hydrogens is 288 g/mol. The van der Waals surface area contributed by atoms with Gasteiger partial charge in [-0.25, -0.2) is 0 Å². The fraction of sp³-hybridized carbons (Fsp3) is 0.625. The van der Waals surface area contributed by atoms with Gasteiger partial charge in [-0.3, -0.25) is 0 Å². The number of hydrogen-bond donors (Lipinski definition) is 1. The molecule has 4 heteroatoms. The van der Waals surface area contributed by atoms with Crippen LogP contribution in [0.1, 0.15) is 32.8 Å². The second-order valence-electron chi connectivity index (χ2n) is 6.27. The Labute approximate surface area is 132 Å². The second-order valence-corrected chi connectivity index (χ2v) is 8.48. The van der Waals surface area contributed by atoms with E-state index >= 15 is 0 Å². The summed E-state index contributed by atoms with van der Waals surface area (Å²) in [6.07, 6.45) is 2.06. The van der Waals surface area contributed by atoms with Crippen molar-refractivity contribution >= 4 is 29.1 Å². The van der Waals surface area contributed by atoms with Gasteiger partial charge >= 0.3 is 0 Å². The summed E-state index contributed by atoms with van der Waals surface area (Å²) in [5.74, 6) is 1.15. The predicted octanol–water partition coefficient (Wildman–Crippen LogP) is 3.95. The third-order valence-corrected chi connectivity index (χ3v) is 5.44. The summed E-state index contributed by atoms with van der Waals surface area (Å²) in [5, 5.41) is 0.854. The maximum atomic E-state index is 6.48. The molecule has 1 atom stereocenters. The van der Waals surface area contributed by atoms with E-state index in [4.69, 9.17) is 17.3 Å². The molecule has 0 bridgehead atoms. The standard InChI is InChI=1S/C16H25ClN2S/c1-12(18)11-13-5-4-6-14(17)15(13)19-8-7-16(2,3)20-10-9-19/h4-6,12H,7-11,18H2,1-3H3. The molecule has 2 nitrogen and oxygen atoms in total. The van der Waals surface area contributed by atoms with E-state index < -0.39 is 0 Å². The molecule has 0 amide bonds. The molecule has 1 unspecified atom stereocenters. The van der Waals surface area contributed by atoms with Crippen molar-refractivity contribution in [1.82, 2.24) is 0 Å². The molecule has 1 aromatic carbocycles. The number of anilines is 1. The molecule has 20 heavy (non-hydrogen) atoms. The number of para-hydroxylation sites is 1. The third kappa shape index (κ3) is 4.06. The van der Waals surface area contributed by atoms with E-state index in [0.717, 1.165) is 30.3 Å². The Kier molecular flexibility index (Phi) is 5.27. The van der Waals surface area contributed by atoms with Crippen molar-refractivity contribution in [3.63, 3.8) is 0 Å². The van der Waals surface area contributed by atoms with Gasteiger partial charge in [0, 0.05) is 29.6 Å². The highest BCUT2D eigenvalue weighted by Crippen LogP contribution is 2.36. The van der Waals surface area contributed by atoms with E-state index in [9.17, 15) is 0 Å². The molecule has 0 saturated carbocycles. The van der Waals surface area contributed by atoms with Crippen molar-refractivity contribution in [3.05, 3.63) is 28.8 Å². The number of nitrogens with zero attached hydrogens (tertiary/aromatic N) is 1. The normalized spacial score (nSPS) is 20.6. The SMILES string of the molecule is CC(N)Cc1cccc(Cl)c1N1CCSC(C)(C)CC1. The average molecular weight is 313 g/mol. The molecular formula is C16H25ClN2S. The summed E-state index contributed by atoms with van der Waals surface area (Å²) < 4.78 is 0.358. The first kappa shape index (κ1) is 16.0. The molecule has 1 aliphatic heterocycles.